The highest BCUT2D eigenvalue weighted by Crippen LogP contribution is 2.42. The van der Waals surface area contributed by atoms with E-state index >= 15 is 0 Å². The molecular weight excluding hydrogens is 511 g/mol. The van der Waals surface area contributed by atoms with E-state index in [0.717, 1.165) is 29.0 Å². The summed E-state index contributed by atoms with van der Waals surface area (Å²) in [5.74, 6) is -0.355. The van der Waals surface area contributed by atoms with Crippen LogP contribution in [0.3, 0.4) is 0 Å². The summed E-state index contributed by atoms with van der Waals surface area (Å²) in [5.41, 5.74) is -0.362. The Morgan fingerprint density at radius 1 is 1.06 bits per heavy atom. The Labute approximate surface area is 213 Å². The third kappa shape index (κ3) is 4.08. The minimum atomic E-state index is -4.56. The van der Waals surface area contributed by atoms with Gasteiger partial charge in [-0.2, -0.15) is 18.4 Å². The number of fused-ring (bicyclic) bond motifs is 1. The van der Waals surface area contributed by atoms with E-state index in [1.165, 1.54) is 12.1 Å². The van der Waals surface area contributed by atoms with Crippen LogP contribution in [-0.4, -0.2) is 5.91 Å². The first-order valence-corrected chi connectivity index (χ1v) is 11.4. The molecule has 1 amide bonds. The van der Waals surface area contributed by atoms with Crippen LogP contribution in [0.4, 0.5) is 18.9 Å². The van der Waals surface area contributed by atoms with Gasteiger partial charge in [-0.1, -0.05) is 48.0 Å². The van der Waals surface area contributed by atoms with Crippen LogP contribution < -0.4 is 10.2 Å². The lowest BCUT2D eigenvalue weighted by molar-refractivity contribution is -0.137. The van der Waals surface area contributed by atoms with Crippen LogP contribution in [0.1, 0.15) is 17.5 Å². The van der Waals surface area contributed by atoms with Crippen molar-refractivity contribution in [3.05, 3.63) is 99.7 Å². The van der Waals surface area contributed by atoms with Crippen LogP contribution in [0.15, 0.2) is 87.8 Å². The summed E-state index contributed by atoms with van der Waals surface area (Å²) < 4.78 is 45.7. The number of anilines is 1. The van der Waals surface area contributed by atoms with Gasteiger partial charge in [0.05, 0.1) is 21.3 Å². The SMILES string of the molecule is N#CC1=C(S)N(c2cccc3ccccc23)C(c2ccc(-c3cc(C(F)(F)F)ccc3Cl)o2)NC1=O. The van der Waals surface area contributed by atoms with Gasteiger partial charge in [-0.25, -0.2) is 0 Å². The van der Waals surface area contributed by atoms with E-state index in [9.17, 15) is 23.2 Å². The molecule has 0 radical (unpaired) electrons. The number of hydrogen-bond acceptors (Lipinski definition) is 5. The highest BCUT2D eigenvalue weighted by Gasteiger charge is 2.37. The number of carbonyl (C=O) groups excluding carboxylic acids is 1. The third-order valence-corrected chi connectivity index (χ3v) is 6.57. The quantitative estimate of drug-likeness (QED) is 0.281. The molecule has 1 aliphatic heterocycles. The number of nitriles is 1. The van der Waals surface area contributed by atoms with Gasteiger partial charge < -0.3 is 14.6 Å². The molecule has 0 saturated carbocycles. The third-order valence-electron chi connectivity index (χ3n) is 5.80. The zero-order chi connectivity index (χ0) is 25.6. The monoisotopic (exact) mass is 525 g/mol. The minimum Gasteiger partial charge on any atom is -0.457 e. The molecule has 1 unspecified atom stereocenters. The first-order valence-electron chi connectivity index (χ1n) is 10.6. The molecule has 5 nitrogen and oxygen atoms in total. The van der Waals surface area contributed by atoms with E-state index in [-0.39, 0.29) is 32.7 Å². The number of rotatable bonds is 3. The van der Waals surface area contributed by atoms with Gasteiger partial charge in [0.25, 0.3) is 5.91 Å². The first-order chi connectivity index (χ1) is 17.2. The number of halogens is 4. The van der Waals surface area contributed by atoms with Gasteiger partial charge in [-0.05, 0) is 41.8 Å². The van der Waals surface area contributed by atoms with E-state index in [1.807, 2.05) is 48.5 Å². The smallest absolute Gasteiger partial charge is 0.416 e. The van der Waals surface area contributed by atoms with E-state index in [1.54, 1.807) is 4.90 Å². The lowest BCUT2D eigenvalue weighted by atomic mass is 10.1. The normalized spacial score (nSPS) is 16.3. The molecule has 4 aromatic rings. The summed E-state index contributed by atoms with van der Waals surface area (Å²) in [4.78, 5) is 14.3. The molecule has 1 N–H and O–H groups in total. The molecule has 10 heteroatoms. The van der Waals surface area contributed by atoms with Crippen LogP contribution in [0.2, 0.25) is 5.02 Å². The van der Waals surface area contributed by atoms with E-state index in [4.69, 9.17) is 16.0 Å². The second kappa shape index (κ2) is 8.97. The maximum Gasteiger partial charge on any atom is 0.416 e. The highest BCUT2D eigenvalue weighted by atomic mass is 35.5. The van der Waals surface area contributed by atoms with Crippen molar-refractivity contribution in [2.24, 2.45) is 0 Å². The fourth-order valence-corrected chi connectivity index (χ4v) is 4.70. The van der Waals surface area contributed by atoms with Crippen LogP contribution in [0, 0.1) is 11.3 Å². The van der Waals surface area contributed by atoms with Crippen molar-refractivity contribution in [3.63, 3.8) is 0 Å². The Bertz CT molecular complexity index is 1580. The van der Waals surface area contributed by atoms with Crippen molar-refractivity contribution in [3.8, 4) is 17.4 Å². The predicted octanol–water partition coefficient (Wildman–Crippen LogP) is 7.07. The molecule has 1 atom stereocenters. The number of nitrogens with one attached hydrogen (secondary N) is 1. The number of carbonyl (C=O) groups is 1. The Kier molecular flexibility index (Phi) is 5.94. The summed E-state index contributed by atoms with van der Waals surface area (Å²) in [6.45, 7) is 0. The maximum atomic E-state index is 13.3. The Balaban J connectivity index is 1.65. The van der Waals surface area contributed by atoms with Gasteiger partial charge in [0.15, 0.2) is 6.17 Å². The average molecular weight is 526 g/mol. The molecule has 3 aromatic carbocycles. The fraction of sp³-hybridized carbons (Fsp3) is 0.0769. The molecule has 1 aliphatic rings. The molecule has 180 valence electrons. The molecular formula is C26H15ClF3N3O2S. The van der Waals surface area contributed by atoms with Gasteiger partial charge in [0.2, 0.25) is 0 Å². The van der Waals surface area contributed by atoms with Crippen LogP contribution in [-0.2, 0) is 11.0 Å². The van der Waals surface area contributed by atoms with Gasteiger partial charge in [-0.15, -0.1) is 12.6 Å². The zero-order valence-electron chi connectivity index (χ0n) is 18.2. The second-order valence-corrected chi connectivity index (χ2v) is 8.78. The number of furan rings is 1. The summed E-state index contributed by atoms with van der Waals surface area (Å²) in [5, 5.41) is 14.2. The number of alkyl halides is 3. The van der Waals surface area contributed by atoms with Crippen LogP contribution >= 0.6 is 24.2 Å². The molecule has 0 fully saturated rings. The number of benzene rings is 3. The molecule has 1 aromatic heterocycles. The summed E-state index contributed by atoms with van der Waals surface area (Å²) >= 11 is 10.7. The van der Waals surface area contributed by atoms with Crippen molar-refractivity contribution in [2.75, 3.05) is 4.90 Å². The summed E-state index contributed by atoms with van der Waals surface area (Å²) in [7, 11) is 0. The maximum absolute atomic E-state index is 13.3. The lowest BCUT2D eigenvalue weighted by Crippen LogP contribution is -2.46. The van der Waals surface area contributed by atoms with Crippen molar-refractivity contribution in [2.45, 2.75) is 12.3 Å². The predicted molar refractivity (Wildman–Crippen MR) is 133 cm³/mol. The first kappa shape index (κ1) is 23.9. The van der Waals surface area contributed by atoms with Crippen LogP contribution in [0.25, 0.3) is 22.1 Å². The van der Waals surface area contributed by atoms with Crippen LogP contribution in [0.5, 0.6) is 0 Å². The van der Waals surface area contributed by atoms with Gasteiger partial charge in [0, 0.05) is 10.9 Å². The van der Waals surface area contributed by atoms with Gasteiger partial charge in [0.1, 0.15) is 23.2 Å². The molecule has 0 saturated heterocycles. The van der Waals surface area contributed by atoms with Gasteiger partial charge in [-0.3, -0.25) is 4.79 Å². The van der Waals surface area contributed by atoms with E-state index in [0.29, 0.717) is 5.69 Å². The average Bonchev–Trinajstić information content (AvgIpc) is 3.33. The molecule has 36 heavy (non-hydrogen) atoms. The number of thiol groups is 1. The minimum absolute atomic E-state index is 0.0518. The topological polar surface area (TPSA) is 69.3 Å². The fourth-order valence-electron chi connectivity index (χ4n) is 4.11. The van der Waals surface area contributed by atoms with E-state index in [2.05, 4.69) is 17.9 Å². The standard InChI is InChI=1S/C26H15ClF3N3O2S/c27-19-9-8-15(26(28,29)30)12-17(19)21-10-11-22(35-21)23-32-24(34)18(13-31)25(36)33(23)20-7-3-5-14-4-1-2-6-16(14)20/h1-12,23,36H,(H,32,34). The van der Waals surface area contributed by atoms with Crippen molar-refractivity contribution in [1.82, 2.24) is 5.32 Å². The van der Waals surface area contributed by atoms with Crippen molar-refractivity contribution in [1.29, 1.82) is 5.26 Å². The Morgan fingerprint density at radius 2 is 1.81 bits per heavy atom. The Morgan fingerprint density at radius 3 is 2.56 bits per heavy atom. The number of amides is 1. The largest absolute Gasteiger partial charge is 0.457 e. The van der Waals surface area contributed by atoms with Crippen molar-refractivity contribution >= 4 is 46.6 Å². The zero-order valence-corrected chi connectivity index (χ0v) is 19.8. The lowest BCUT2D eigenvalue weighted by Gasteiger charge is -2.37. The van der Waals surface area contributed by atoms with Gasteiger partial charge >= 0.3 is 6.18 Å². The number of nitrogens with zero attached hydrogens (tertiary/aromatic N) is 2. The molecule has 5 rings (SSSR count). The van der Waals surface area contributed by atoms with Crippen molar-refractivity contribution < 1.29 is 22.4 Å². The molecule has 0 bridgehead atoms. The highest BCUT2D eigenvalue weighted by molar-refractivity contribution is 7.84. The molecule has 0 aliphatic carbocycles. The van der Waals surface area contributed by atoms with E-state index < -0.39 is 23.8 Å². The Hall–Kier alpha value is -3.87. The molecule has 0 spiro atoms. The summed E-state index contributed by atoms with van der Waals surface area (Å²) in [6.07, 6.45) is -5.50. The molecule has 2 heterocycles. The summed E-state index contributed by atoms with van der Waals surface area (Å²) in [6, 6.07) is 21.0. The number of hydrogen-bond donors (Lipinski definition) is 2. The second-order valence-electron chi connectivity index (χ2n) is 7.95.